The zero-order valence-corrected chi connectivity index (χ0v) is 15.4. The van der Waals surface area contributed by atoms with E-state index in [2.05, 4.69) is 16.0 Å². The average molecular weight is 385 g/mol. The van der Waals surface area contributed by atoms with Crippen LogP contribution in [0.3, 0.4) is 0 Å². The smallest absolute Gasteiger partial charge is 0.319 e. The van der Waals surface area contributed by atoms with Gasteiger partial charge in [-0.2, -0.15) is 0 Å². The molecule has 7 nitrogen and oxygen atoms in total. The van der Waals surface area contributed by atoms with Gasteiger partial charge in [0.2, 0.25) is 0 Å². The van der Waals surface area contributed by atoms with Crippen molar-refractivity contribution in [2.45, 2.75) is 19.9 Å². The molecule has 4 N–H and O–H groups in total. The van der Waals surface area contributed by atoms with Crippen molar-refractivity contribution in [3.63, 3.8) is 0 Å². The van der Waals surface area contributed by atoms with E-state index >= 15 is 0 Å². The maximum Gasteiger partial charge on any atom is 0.319 e. The highest BCUT2D eigenvalue weighted by molar-refractivity contribution is 6.06. The van der Waals surface area contributed by atoms with Gasteiger partial charge in [0.05, 0.1) is 23.9 Å². The predicted molar refractivity (Wildman–Crippen MR) is 101 cm³/mol. The van der Waals surface area contributed by atoms with Crippen molar-refractivity contribution in [3.05, 3.63) is 65.1 Å². The lowest BCUT2D eigenvalue weighted by Crippen LogP contribution is -2.46. The Morgan fingerprint density at radius 2 is 2.04 bits per heavy atom. The second-order valence-electron chi connectivity index (χ2n) is 6.16. The number of phenols is 1. The number of carbonyl (C=O) groups excluding carboxylic acids is 2. The third-order valence-corrected chi connectivity index (χ3v) is 4.25. The van der Waals surface area contributed by atoms with Crippen molar-refractivity contribution >= 4 is 17.6 Å². The van der Waals surface area contributed by atoms with Gasteiger partial charge in [-0.15, -0.1) is 0 Å². The topological polar surface area (TPSA) is 99.7 Å². The second-order valence-corrected chi connectivity index (χ2v) is 6.16. The van der Waals surface area contributed by atoms with Gasteiger partial charge < -0.3 is 25.8 Å². The number of para-hydroxylation sites is 1. The van der Waals surface area contributed by atoms with Crippen molar-refractivity contribution in [3.8, 4) is 11.5 Å². The molecule has 0 fully saturated rings. The van der Waals surface area contributed by atoms with Crippen molar-refractivity contribution in [2.75, 3.05) is 11.9 Å². The predicted octanol–water partition coefficient (Wildman–Crippen LogP) is 3.20. The van der Waals surface area contributed by atoms with E-state index in [0.717, 1.165) is 0 Å². The van der Waals surface area contributed by atoms with Gasteiger partial charge in [0.25, 0.3) is 5.91 Å². The molecule has 1 atom stereocenters. The number of urea groups is 1. The van der Waals surface area contributed by atoms with Crippen LogP contribution in [0.25, 0.3) is 0 Å². The molecule has 0 aromatic heterocycles. The summed E-state index contributed by atoms with van der Waals surface area (Å²) in [5.41, 5.74) is 1.13. The van der Waals surface area contributed by atoms with E-state index in [1.165, 1.54) is 24.3 Å². The van der Waals surface area contributed by atoms with Crippen LogP contribution in [0.4, 0.5) is 14.9 Å². The van der Waals surface area contributed by atoms with Crippen molar-refractivity contribution in [2.24, 2.45) is 0 Å². The summed E-state index contributed by atoms with van der Waals surface area (Å²) in [6, 6.07) is 9.09. The Hall–Kier alpha value is -3.55. The molecule has 0 bridgehead atoms. The largest absolute Gasteiger partial charge is 0.504 e. The minimum absolute atomic E-state index is 0.0316. The highest BCUT2D eigenvalue weighted by Gasteiger charge is 2.32. The first-order chi connectivity index (χ1) is 13.4. The SMILES string of the molecule is CCOc1cc([C@@H]2NC(=O)NC(C)=C2C(=O)Nc2ccccc2F)ccc1O. The quantitative estimate of drug-likeness (QED) is 0.635. The van der Waals surface area contributed by atoms with E-state index in [-0.39, 0.29) is 22.8 Å². The number of phenolic OH excluding ortho intramolecular Hbond substituents is 1. The fourth-order valence-corrected chi connectivity index (χ4v) is 2.98. The van der Waals surface area contributed by atoms with E-state index in [9.17, 15) is 19.1 Å². The lowest BCUT2D eigenvalue weighted by atomic mass is 9.94. The number of aromatic hydroxyl groups is 1. The summed E-state index contributed by atoms with van der Waals surface area (Å²) in [7, 11) is 0. The summed E-state index contributed by atoms with van der Waals surface area (Å²) in [5.74, 6) is -0.948. The van der Waals surface area contributed by atoms with Gasteiger partial charge in [0.15, 0.2) is 11.5 Å². The molecule has 0 aliphatic carbocycles. The molecular formula is C20H20FN3O4. The molecule has 8 heteroatoms. The molecule has 0 unspecified atom stereocenters. The van der Waals surface area contributed by atoms with Crippen LogP contribution in [-0.2, 0) is 4.79 Å². The second kappa shape index (κ2) is 7.99. The number of hydrogen-bond donors (Lipinski definition) is 4. The van der Waals surface area contributed by atoms with Crippen LogP contribution in [0.1, 0.15) is 25.5 Å². The molecule has 0 radical (unpaired) electrons. The maximum atomic E-state index is 13.9. The number of hydrogen-bond acceptors (Lipinski definition) is 4. The van der Waals surface area contributed by atoms with Gasteiger partial charge in [-0.25, -0.2) is 9.18 Å². The summed E-state index contributed by atoms with van der Waals surface area (Å²) in [5, 5.41) is 17.7. The lowest BCUT2D eigenvalue weighted by Gasteiger charge is -2.29. The summed E-state index contributed by atoms with van der Waals surface area (Å²) in [6.45, 7) is 3.70. The number of amides is 3. The van der Waals surface area contributed by atoms with Crippen molar-refractivity contribution in [1.82, 2.24) is 10.6 Å². The number of allylic oxidation sites excluding steroid dienone is 1. The van der Waals surface area contributed by atoms with Gasteiger partial charge in [-0.1, -0.05) is 18.2 Å². The molecule has 28 heavy (non-hydrogen) atoms. The van der Waals surface area contributed by atoms with Crippen LogP contribution in [0.2, 0.25) is 0 Å². The first kappa shape index (κ1) is 19.2. The van der Waals surface area contributed by atoms with Crippen LogP contribution in [0.5, 0.6) is 11.5 Å². The Labute approximate surface area is 161 Å². The van der Waals surface area contributed by atoms with Gasteiger partial charge in [-0.3, -0.25) is 4.79 Å². The lowest BCUT2D eigenvalue weighted by molar-refractivity contribution is -0.113. The number of rotatable bonds is 5. The molecule has 0 saturated heterocycles. The maximum absolute atomic E-state index is 13.9. The van der Waals surface area contributed by atoms with E-state index in [4.69, 9.17) is 4.74 Å². The molecule has 3 amide bonds. The summed E-state index contributed by atoms with van der Waals surface area (Å²) in [6.07, 6.45) is 0. The fraction of sp³-hybridized carbons (Fsp3) is 0.200. The number of benzene rings is 2. The zero-order valence-electron chi connectivity index (χ0n) is 15.4. The van der Waals surface area contributed by atoms with Gasteiger partial charge in [-0.05, 0) is 43.7 Å². The van der Waals surface area contributed by atoms with Gasteiger partial charge >= 0.3 is 6.03 Å². The van der Waals surface area contributed by atoms with Crippen LogP contribution in [-0.4, -0.2) is 23.7 Å². The van der Waals surface area contributed by atoms with E-state index in [0.29, 0.717) is 17.9 Å². The van der Waals surface area contributed by atoms with Gasteiger partial charge in [0, 0.05) is 5.70 Å². The summed E-state index contributed by atoms with van der Waals surface area (Å²) >= 11 is 0. The van der Waals surface area contributed by atoms with E-state index in [1.54, 1.807) is 32.0 Å². The Morgan fingerprint density at radius 1 is 1.29 bits per heavy atom. The molecule has 2 aromatic carbocycles. The molecule has 2 aromatic rings. The minimum Gasteiger partial charge on any atom is -0.504 e. The molecule has 0 spiro atoms. The number of anilines is 1. The number of halogens is 1. The first-order valence-electron chi connectivity index (χ1n) is 8.70. The van der Waals surface area contributed by atoms with E-state index in [1.807, 2.05) is 0 Å². The Morgan fingerprint density at radius 3 is 2.75 bits per heavy atom. The molecule has 1 heterocycles. The summed E-state index contributed by atoms with van der Waals surface area (Å²) in [4.78, 5) is 24.9. The normalized spacial score (nSPS) is 16.2. The molecule has 0 saturated carbocycles. The average Bonchev–Trinajstić information content (AvgIpc) is 2.65. The van der Waals surface area contributed by atoms with Crippen LogP contribution >= 0.6 is 0 Å². The summed E-state index contributed by atoms with van der Waals surface area (Å²) < 4.78 is 19.3. The highest BCUT2D eigenvalue weighted by atomic mass is 19.1. The molecular weight excluding hydrogens is 365 g/mol. The first-order valence-corrected chi connectivity index (χ1v) is 8.70. The third-order valence-electron chi connectivity index (χ3n) is 4.25. The van der Waals surface area contributed by atoms with Crippen LogP contribution in [0.15, 0.2) is 53.7 Å². The van der Waals surface area contributed by atoms with Crippen LogP contribution in [0, 0.1) is 5.82 Å². The van der Waals surface area contributed by atoms with Crippen molar-refractivity contribution in [1.29, 1.82) is 0 Å². The zero-order chi connectivity index (χ0) is 20.3. The Balaban J connectivity index is 1.98. The van der Waals surface area contributed by atoms with Crippen LogP contribution < -0.4 is 20.7 Å². The Bertz CT molecular complexity index is 958. The monoisotopic (exact) mass is 385 g/mol. The highest BCUT2D eigenvalue weighted by Crippen LogP contribution is 2.34. The number of ether oxygens (including phenoxy) is 1. The minimum atomic E-state index is -0.805. The van der Waals surface area contributed by atoms with E-state index < -0.39 is 23.8 Å². The van der Waals surface area contributed by atoms with Crippen molar-refractivity contribution < 1.29 is 23.8 Å². The molecule has 1 aliphatic heterocycles. The van der Waals surface area contributed by atoms with Gasteiger partial charge in [0.1, 0.15) is 5.82 Å². The standard InChI is InChI=1S/C20H20FN3O4/c1-3-28-16-10-12(8-9-15(16)25)18-17(11(2)22-20(27)24-18)19(26)23-14-7-5-4-6-13(14)21/h4-10,18,25H,3H2,1-2H3,(H,23,26)(H2,22,24,27)/t18-/m0/s1. The number of carbonyl (C=O) groups is 2. The molecule has 146 valence electrons. The molecule has 1 aliphatic rings. The molecule has 3 rings (SSSR count). The number of nitrogens with one attached hydrogen (secondary N) is 3. The third kappa shape index (κ3) is 3.90. The fourth-order valence-electron chi connectivity index (χ4n) is 2.98. The Kier molecular flexibility index (Phi) is 5.49.